The van der Waals surface area contributed by atoms with Crippen LogP contribution in [0.3, 0.4) is 0 Å². The van der Waals surface area contributed by atoms with Crippen molar-refractivity contribution in [2.75, 3.05) is 12.4 Å². The maximum atomic E-state index is 11.9. The third kappa shape index (κ3) is 3.15. The summed E-state index contributed by atoms with van der Waals surface area (Å²) in [4.78, 5) is 11.9. The van der Waals surface area contributed by atoms with E-state index in [4.69, 9.17) is 15.7 Å². The van der Waals surface area contributed by atoms with Crippen LogP contribution in [0.2, 0.25) is 0 Å². The Bertz CT molecular complexity index is 510. The predicted molar refractivity (Wildman–Crippen MR) is 71.5 cm³/mol. The number of methoxy groups -OCH3 is 1. The van der Waals surface area contributed by atoms with Crippen LogP contribution in [0.25, 0.3) is 0 Å². The van der Waals surface area contributed by atoms with Gasteiger partial charge >= 0.3 is 0 Å². The zero-order valence-corrected chi connectivity index (χ0v) is 10.7. The van der Waals surface area contributed by atoms with Crippen molar-refractivity contribution in [2.24, 2.45) is 16.8 Å². The van der Waals surface area contributed by atoms with Gasteiger partial charge < -0.3 is 21.0 Å². The van der Waals surface area contributed by atoms with Crippen LogP contribution in [0.5, 0.6) is 5.75 Å². The summed E-state index contributed by atoms with van der Waals surface area (Å²) >= 11 is 0. The first-order valence-corrected chi connectivity index (χ1v) is 6.10. The number of hydrogen-bond acceptors (Lipinski definition) is 4. The van der Waals surface area contributed by atoms with Crippen LogP contribution in [0, 0.1) is 5.92 Å². The van der Waals surface area contributed by atoms with Crippen molar-refractivity contribution in [3.63, 3.8) is 0 Å². The molecule has 0 aliphatic heterocycles. The highest BCUT2D eigenvalue weighted by atomic mass is 16.5. The average Bonchev–Trinajstić information content (AvgIpc) is 3.21. The van der Waals surface area contributed by atoms with Crippen molar-refractivity contribution in [1.29, 1.82) is 0 Å². The van der Waals surface area contributed by atoms with Crippen LogP contribution in [0.15, 0.2) is 23.4 Å². The third-order valence-corrected chi connectivity index (χ3v) is 3.07. The van der Waals surface area contributed by atoms with E-state index in [9.17, 15) is 4.79 Å². The number of anilines is 1. The molecule has 6 heteroatoms. The number of carbonyl (C=O) groups excluding carboxylic acids is 1. The van der Waals surface area contributed by atoms with E-state index in [-0.39, 0.29) is 11.7 Å². The highest BCUT2D eigenvalue weighted by Crippen LogP contribution is 2.34. The van der Waals surface area contributed by atoms with E-state index in [1.54, 1.807) is 18.2 Å². The highest BCUT2D eigenvalue weighted by molar-refractivity contribution is 6.07. The number of ether oxygens (including phenoxy) is 1. The van der Waals surface area contributed by atoms with Crippen LogP contribution in [0.4, 0.5) is 5.69 Å². The number of oxime groups is 1. The second-order valence-electron chi connectivity index (χ2n) is 4.56. The number of carbonyl (C=O) groups is 1. The van der Waals surface area contributed by atoms with Gasteiger partial charge in [0.15, 0.2) is 5.84 Å². The number of nitrogens with one attached hydrogen (secondary N) is 1. The average molecular weight is 263 g/mol. The first kappa shape index (κ1) is 13.2. The molecule has 1 aliphatic rings. The molecule has 1 saturated carbocycles. The van der Waals surface area contributed by atoms with E-state index in [0.717, 1.165) is 12.8 Å². The lowest BCUT2D eigenvalue weighted by atomic mass is 10.1. The molecule has 1 amide bonds. The van der Waals surface area contributed by atoms with Crippen LogP contribution in [-0.4, -0.2) is 24.1 Å². The lowest BCUT2D eigenvalue weighted by Crippen LogP contribution is -2.20. The summed E-state index contributed by atoms with van der Waals surface area (Å²) < 4.78 is 5.20. The van der Waals surface area contributed by atoms with Crippen molar-refractivity contribution in [3.05, 3.63) is 23.8 Å². The summed E-state index contributed by atoms with van der Waals surface area (Å²) in [6, 6.07) is 5.08. The Morgan fingerprint density at radius 1 is 1.58 bits per heavy atom. The summed E-state index contributed by atoms with van der Waals surface area (Å²) in [6.45, 7) is 0. The molecule has 0 unspecified atom stereocenters. The number of amidine groups is 1. The maximum absolute atomic E-state index is 11.9. The molecular weight excluding hydrogens is 246 g/mol. The fourth-order valence-corrected chi connectivity index (χ4v) is 1.87. The minimum absolute atomic E-state index is 0.0689. The van der Waals surface area contributed by atoms with Crippen molar-refractivity contribution < 1.29 is 14.7 Å². The van der Waals surface area contributed by atoms with E-state index in [0.29, 0.717) is 29.3 Å². The van der Waals surface area contributed by atoms with Gasteiger partial charge in [0.25, 0.3) is 0 Å². The van der Waals surface area contributed by atoms with Crippen LogP contribution < -0.4 is 15.8 Å². The second-order valence-corrected chi connectivity index (χ2v) is 4.56. The Morgan fingerprint density at radius 2 is 2.32 bits per heavy atom. The van der Waals surface area contributed by atoms with Crippen LogP contribution in [-0.2, 0) is 4.79 Å². The van der Waals surface area contributed by atoms with E-state index in [1.807, 2.05) is 0 Å². The molecule has 1 aromatic rings. The Kier molecular flexibility index (Phi) is 3.89. The van der Waals surface area contributed by atoms with Gasteiger partial charge in [-0.2, -0.15) is 0 Å². The fourth-order valence-electron chi connectivity index (χ4n) is 1.87. The molecule has 0 radical (unpaired) electrons. The van der Waals surface area contributed by atoms with Gasteiger partial charge in [0.05, 0.1) is 12.8 Å². The zero-order chi connectivity index (χ0) is 13.8. The van der Waals surface area contributed by atoms with E-state index < -0.39 is 0 Å². The number of hydrogen-bond donors (Lipinski definition) is 3. The minimum atomic E-state index is -0.0843. The Labute approximate surface area is 111 Å². The van der Waals surface area contributed by atoms with E-state index in [1.165, 1.54) is 7.11 Å². The van der Waals surface area contributed by atoms with Gasteiger partial charge in [-0.05, 0) is 30.9 Å². The minimum Gasteiger partial charge on any atom is -0.495 e. The van der Waals surface area contributed by atoms with Gasteiger partial charge in [-0.25, -0.2) is 0 Å². The molecule has 0 bridgehead atoms. The number of benzene rings is 1. The molecular formula is C13H17N3O3. The van der Waals surface area contributed by atoms with Crippen LogP contribution >= 0.6 is 0 Å². The quantitative estimate of drug-likeness (QED) is 0.325. The maximum Gasteiger partial charge on any atom is 0.224 e. The normalized spacial score (nSPS) is 15.1. The van der Waals surface area contributed by atoms with E-state index >= 15 is 0 Å². The molecule has 19 heavy (non-hydrogen) atoms. The standard InChI is InChI=1S/C13H17N3O3/c1-19-10-4-2-3-9(13(14)16-18)12(10)15-11(17)7-8-5-6-8/h2-4,8,18H,5-7H2,1H3,(H2,14,16)(H,15,17). The highest BCUT2D eigenvalue weighted by Gasteiger charge is 2.25. The Morgan fingerprint density at radius 3 is 2.89 bits per heavy atom. The summed E-state index contributed by atoms with van der Waals surface area (Å²) in [7, 11) is 1.50. The third-order valence-electron chi connectivity index (χ3n) is 3.07. The van der Waals surface area contributed by atoms with Gasteiger partial charge in [0.2, 0.25) is 5.91 Å². The molecule has 0 heterocycles. The van der Waals surface area contributed by atoms with Gasteiger partial charge in [-0.15, -0.1) is 0 Å². The number of rotatable bonds is 5. The predicted octanol–water partition coefficient (Wildman–Crippen LogP) is 1.53. The topological polar surface area (TPSA) is 96.9 Å². The zero-order valence-electron chi connectivity index (χ0n) is 10.7. The molecule has 0 aromatic heterocycles. The molecule has 0 spiro atoms. The van der Waals surface area contributed by atoms with Gasteiger partial charge in [-0.1, -0.05) is 11.2 Å². The first-order chi connectivity index (χ1) is 9.15. The molecule has 1 aliphatic carbocycles. The van der Waals surface area contributed by atoms with Crippen molar-refractivity contribution in [1.82, 2.24) is 0 Å². The Hall–Kier alpha value is -2.24. The molecule has 0 saturated heterocycles. The summed E-state index contributed by atoms with van der Waals surface area (Å²) in [6.07, 6.45) is 2.70. The summed E-state index contributed by atoms with van der Waals surface area (Å²) in [5.74, 6) is 0.815. The Balaban J connectivity index is 2.26. The fraction of sp³-hybridized carbons (Fsp3) is 0.385. The van der Waals surface area contributed by atoms with Crippen molar-refractivity contribution in [3.8, 4) is 5.75 Å². The lowest BCUT2D eigenvalue weighted by Gasteiger charge is -2.14. The first-order valence-electron chi connectivity index (χ1n) is 6.10. The van der Waals surface area contributed by atoms with Gasteiger partial charge in [-0.3, -0.25) is 4.79 Å². The molecule has 4 N–H and O–H groups in total. The number of nitrogens with two attached hydrogens (primary N) is 1. The smallest absolute Gasteiger partial charge is 0.224 e. The van der Waals surface area contributed by atoms with Crippen LogP contribution in [0.1, 0.15) is 24.8 Å². The van der Waals surface area contributed by atoms with Crippen molar-refractivity contribution in [2.45, 2.75) is 19.3 Å². The summed E-state index contributed by atoms with van der Waals surface area (Å²) in [5.41, 5.74) is 6.47. The van der Waals surface area contributed by atoms with Gasteiger partial charge in [0.1, 0.15) is 5.75 Å². The molecule has 6 nitrogen and oxygen atoms in total. The second kappa shape index (κ2) is 5.60. The number of nitrogens with zero attached hydrogens (tertiary/aromatic N) is 1. The number of amides is 1. The number of para-hydroxylation sites is 1. The molecule has 102 valence electrons. The van der Waals surface area contributed by atoms with E-state index in [2.05, 4.69) is 10.5 Å². The molecule has 0 atom stereocenters. The lowest BCUT2D eigenvalue weighted by molar-refractivity contribution is -0.116. The van der Waals surface area contributed by atoms with Crippen molar-refractivity contribution >= 4 is 17.4 Å². The summed E-state index contributed by atoms with van der Waals surface area (Å²) in [5, 5.41) is 14.5. The molecule has 1 aromatic carbocycles. The van der Waals surface area contributed by atoms with Gasteiger partial charge in [0, 0.05) is 12.0 Å². The molecule has 1 fully saturated rings. The molecule has 2 rings (SSSR count). The largest absolute Gasteiger partial charge is 0.495 e. The monoisotopic (exact) mass is 263 g/mol. The SMILES string of the molecule is COc1cccc(/C(N)=N/O)c1NC(=O)CC1CC1.